The summed E-state index contributed by atoms with van der Waals surface area (Å²) in [6.45, 7) is 3.57. The van der Waals surface area contributed by atoms with Gasteiger partial charge < -0.3 is 25.0 Å². The number of ether oxygens (including phenoxy) is 2. The molecule has 0 saturated carbocycles. The molecule has 2 aliphatic heterocycles. The molecular weight excluding hydrogens is 306 g/mol. The Kier molecular flexibility index (Phi) is 5.45. The van der Waals surface area contributed by atoms with Crippen molar-refractivity contribution in [2.75, 3.05) is 45.3 Å². The maximum atomic E-state index is 12.4. The van der Waals surface area contributed by atoms with Crippen LogP contribution in [0.15, 0.2) is 18.2 Å². The zero-order valence-electron chi connectivity index (χ0n) is 14.5. The van der Waals surface area contributed by atoms with Gasteiger partial charge in [0.25, 0.3) is 0 Å². The van der Waals surface area contributed by atoms with Gasteiger partial charge >= 0.3 is 0 Å². The van der Waals surface area contributed by atoms with Gasteiger partial charge in [0.05, 0.1) is 20.1 Å². The molecule has 2 fully saturated rings. The smallest absolute Gasteiger partial charge is 0.224 e. The average molecular weight is 333 g/mol. The van der Waals surface area contributed by atoms with E-state index in [-0.39, 0.29) is 17.9 Å². The van der Waals surface area contributed by atoms with E-state index in [2.05, 4.69) is 15.5 Å². The standard InChI is InChI=1S/C18H27N3O3/c1-23-16-8-15(9-17(10-16)24-2)21-7-5-14(12-21)20-18(22)13-4-3-6-19-11-13/h8-10,13-14,19H,3-7,11-12H2,1-2H3,(H,20,22). The van der Waals surface area contributed by atoms with Crippen molar-refractivity contribution in [1.29, 1.82) is 0 Å². The molecule has 6 nitrogen and oxygen atoms in total. The number of methoxy groups -OCH3 is 2. The highest BCUT2D eigenvalue weighted by Gasteiger charge is 2.28. The average Bonchev–Trinajstić information content (AvgIpc) is 3.10. The van der Waals surface area contributed by atoms with Gasteiger partial charge in [0.2, 0.25) is 5.91 Å². The van der Waals surface area contributed by atoms with Crippen LogP contribution >= 0.6 is 0 Å². The second-order valence-electron chi connectivity index (χ2n) is 6.55. The van der Waals surface area contributed by atoms with E-state index in [0.29, 0.717) is 0 Å². The molecule has 2 heterocycles. The molecule has 1 amide bonds. The fourth-order valence-electron chi connectivity index (χ4n) is 3.48. The van der Waals surface area contributed by atoms with Crippen molar-refractivity contribution in [3.05, 3.63) is 18.2 Å². The Morgan fingerprint density at radius 3 is 2.58 bits per heavy atom. The molecule has 0 aromatic heterocycles. The third kappa shape index (κ3) is 3.93. The van der Waals surface area contributed by atoms with Crippen molar-refractivity contribution in [3.8, 4) is 11.5 Å². The van der Waals surface area contributed by atoms with Gasteiger partial charge in [0, 0.05) is 49.6 Å². The highest BCUT2D eigenvalue weighted by Crippen LogP contribution is 2.30. The molecule has 0 radical (unpaired) electrons. The van der Waals surface area contributed by atoms with E-state index in [1.807, 2.05) is 18.2 Å². The van der Waals surface area contributed by atoms with Crippen LogP contribution in [0.2, 0.25) is 0 Å². The number of nitrogens with one attached hydrogen (secondary N) is 2. The summed E-state index contributed by atoms with van der Waals surface area (Å²) in [6.07, 6.45) is 3.03. The Balaban J connectivity index is 1.59. The number of hydrogen-bond donors (Lipinski definition) is 2. The quantitative estimate of drug-likeness (QED) is 0.853. The lowest BCUT2D eigenvalue weighted by Crippen LogP contribution is -2.45. The third-order valence-electron chi connectivity index (χ3n) is 4.90. The first-order valence-corrected chi connectivity index (χ1v) is 8.68. The van der Waals surface area contributed by atoms with E-state index in [0.717, 1.165) is 62.6 Å². The molecule has 2 saturated heterocycles. The lowest BCUT2D eigenvalue weighted by atomic mass is 9.98. The summed E-state index contributed by atoms with van der Waals surface area (Å²) in [5.41, 5.74) is 1.07. The SMILES string of the molecule is COc1cc(OC)cc(N2CCC(NC(=O)C3CCCNC3)C2)c1. The Labute approximate surface area is 143 Å². The Hall–Kier alpha value is -1.95. The number of benzene rings is 1. The first-order valence-electron chi connectivity index (χ1n) is 8.68. The molecule has 24 heavy (non-hydrogen) atoms. The van der Waals surface area contributed by atoms with Gasteiger partial charge in [-0.15, -0.1) is 0 Å². The lowest BCUT2D eigenvalue weighted by Gasteiger charge is -2.24. The second-order valence-corrected chi connectivity index (χ2v) is 6.55. The Morgan fingerprint density at radius 1 is 1.21 bits per heavy atom. The van der Waals surface area contributed by atoms with Gasteiger partial charge in [0.1, 0.15) is 11.5 Å². The highest BCUT2D eigenvalue weighted by atomic mass is 16.5. The van der Waals surface area contributed by atoms with Gasteiger partial charge in [-0.1, -0.05) is 0 Å². The van der Waals surface area contributed by atoms with Crippen molar-refractivity contribution in [2.45, 2.75) is 25.3 Å². The molecule has 2 unspecified atom stereocenters. The third-order valence-corrected chi connectivity index (χ3v) is 4.90. The Bertz CT molecular complexity index is 550. The van der Waals surface area contributed by atoms with Gasteiger partial charge in [0.15, 0.2) is 0 Å². The van der Waals surface area contributed by atoms with Crippen LogP contribution in [0.5, 0.6) is 11.5 Å². The monoisotopic (exact) mass is 333 g/mol. The fourth-order valence-corrected chi connectivity index (χ4v) is 3.48. The van der Waals surface area contributed by atoms with E-state index in [1.54, 1.807) is 14.2 Å². The number of rotatable bonds is 5. The minimum absolute atomic E-state index is 0.115. The largest absolute Gasteiger partial charge is 0.497 e. The molecule has 1 aromatic carbocycles. The summed E-state index contributed by atoms with van der Waals surface area (Å²) >= 11 is 0. The normalized spacial score (nSPS) is 23.8. The van der Waals surface area contributed by atoms with Gasteiger partial charge in [-0.3, -0.25) is 4.79 Å². The summed E-state index contributed by atoms with van der Waals surface area (Å²) in [5.74, 6) is 1.87. The summed E-state index contributed by atoms with van der Waals surface area (Å²) in [5, 5.41) is 6.52. The molecule has 3 rings (SSSR count). The molecule has 132 valence electrons. The molecule has 1 aromatic rings. The molecular formula is C18H27N3O3. The molecule has 2 N–H and O–H groups in total. The van der Waals surface area contributed by atoms with Crippen molar-refractivity contribution in [1.82, 2.24) is 10.6 Å². The van der Waals surface area contributed by atoms with Crippen molar-refractivity contribution in [2.24, 2.45) is 5.92 Å². The number of anilines is 1. The number of piperidine rings is 1. The number of amides is 1. The van der Waals surface area contributed by atoms with E-state index in [4.69, 9.17) is 9.47 Å². The molecule has 2 atom stereocenters. The van der Waals surface area contributed by atoms with Crippen molar-refractivity contribution >= 4 is 11.6 Å². The van der Waals surface area contributed by atoms with Crippen LogP contribution < -0.4 is 25.0 Å². The van der Waals surface area contributed by atoms with Crippen LogP contribution in [0, 0.1) is 5.92 Å². The highest BCUT2D eigenvalue weighted by molar-refractivity contribution is 5.79. The maximum Gasteiger partial charge on any atom is 0.224 e. The molecule has 2 aliphatic rings. The minimum atomic E-state index is 0.115. The van der Waals surface area contributed by atoms with Crippen LogP contribution in [0.1, 0.15) is 19.3 Å². The van der Waals surface area contributed by atoms with Gasteiger partial charge in [-0.25, -0.2) is 0 Å². The molecule has 0 bridgehead atoms. The fraction of sp³-hybridized carbons (Fsp3) is 0.611. The number of hydrogen-bond acceptors (Lipinski definition) is 5. The molecule has 0 spiro atoms. The van der Waals surface area contributed by atoms with E-state index < -0.39 is 0 Å². The van der Waals surface area contributed by atoms with Crippen LogP contribution in [0.25, 0.3) is 0 Å². The van der Waals surface area contributed by atoms with E-state index in [9.17, 15) is 4.79 Å². The van der Waals surface area contributed by atoms with Crippen LogP contribution in [0.3, 0.4) is 0 Å². The van der Waals surface area contributed by atoms with Gasteiger partial charge in [-0.05, 0) is 25.8 Å². The lowest BCUT2D eigenvalue weighted by molar-refractivity contribution is -0.126. The Morgan fingerprint density at radius 2 is 1.96 bits per heavy atom. The minimum Gasteiger partial charge on any atom is -0.497 e. The van der Waals surface area contributed by atoms with Crippen LogP contribution in [-0.4, -0.2) is 52.3 Å². The van der Waals surface area contributed by atoms with Crippen LogP contribution in [-0.2, 0) is 4.79 Å². The van der Waals surface area contributed by atoms with Gasteiger partial charge in [-0.2, -0.15) is 0 Å². The second kappa shape index (κ2) is 7.75. The topological polar surface area (TPSA) is 62.8 Å². The zero-order valence-corrected chi connectivity index (χ0v) is 14.5. The van der Waals surface area contributed by atoms with Crippen molar-refractivity contribution < 1.29 is 14.3 Å². The first kappa shape index (κ1) is 16.9. The maximum absolute atomic E-state index is 12.4. The number of nitrogens with zero attached hydrogens (tertiary/aromatic N) is 1. The summed E-state index contributed by atoms with van der Waals surface area (Å²) in [7, 11) is 3.31. The number of carbonyl (C=O) groups is 1. The summed E-state index contributed by atoms with van der Waals surface area (Å²) < 4.78 is 10.7. The first-order chi connectivity index (χ1) is 11.7. The molecule has 6 heteroatoms. The van der Waals surface area contributed by atoms with E-state index in [1.165, 1.54) is 0 Å². The zero-order chi connectivity index (χ0) is 16.9. The van der Waals surface area contributed by atoms with E-state index >= 15 is 0 Å². The predicted octanol–water partition coefficient (Wildman–Crippen LogP) is 1.40. The predicted molar refractivity (Wildman–Crippen MR) is 93.9 cm³/mol. The summed E-state index contributed by atoms with van der Waals surface area (Å²) in [4.78, 5) is 14.7. The molecule has 0 aliphatic carbocycles. The number of carbonyl (C=O) groups excluding carboxylic acids is 1. The van der Waals surface area contributed by atoms with Crippen molar-refractivity contribution in [3.63, 3.8) is 0 Å². The summed E-state index contributed by atoms with van der Waals surface area (Å²) in [6, 6.07) is 6.10. The van der Waals surface area contributed by atoms with Crippen LogP contribution in [0.4, 0.5) is 5.69 Å².